The first-order valence-electron chi connectivity index (χ1n) is 6.21. The normalized spacial score (nSPS) is 20.8. The van der Waals surface area contributed by atoms with E-state index < -0.39 is 0 Å². The van der Waals surface area contributed by atoms with Crippen molar-refractivity contribution in [1.29, 1.82) is 0 Å². The highest BCUT2D eigenvalue weighted by Crippen LogP contribution is 2.35. The van der Waals surface area contributed by atoms with E-state index in [1.165, 1.54) is 5.69 Å². The Hall–Kier alpha value is -1.42. The third-order valence-corrected chi connectivity index (χ3v) is 3.51. The van der Waals surface area contributed by atoms with Crippen molar-refractivity contribution in [3.8, 4) is 5.75 Å². The van der Waals surface area contributed by atoms with Crippen LogP contribution in [0.1, 0.15) is 12.8 Å². The van der Waals surface area contributed by atoms with Crippen LogP contribution in [-0.4, -0.2) is 32.4 Å². The Bertz CT molecular complexity index is 402. The number of rotatable bonds is 1. The number of fused-ring (bicyclic) bond motifs is 1. The van der Waals surface area contributed by atoms with Crippen molar-refractivity contribution < 1.29 is 9.47 Å². The molecule has 0 radical (unpaired) electrons. The Kier molecular flexibility index (Phi) is 2.81. The number of benzene rings is 1. The van der Waals surface area contributed by atoms with Crippen molar-refractivity contribution in [2.75, 3.05) is 37.0 Å². The van der Waals surface area contributed by atoms with Gasteiger partial charge in [-0.3, -0.25) is 0 Å². The van der Waals surface area contributed by atoms with Crippen LogP contribution in [0.2, 0.25) is 0 Å². The minimum Gasteiger partial charge on any atom is -0.489 e. The van der Waals surface area contributed by atoms with Crippen LogP contribution in [0.25, 0.3) is 0 Å². The summed E-state index contributed by atoms with van der Waals surface area (Å²) in [6, 6.07) is 6.51. The van der Waals surface area contributed by atoms with Gasteiger partial charge in [-0.1, -0.05) is 0 Å². The first-order valence-corrected chi connectivity index (χ1v) is 6.21. The van der Waals surface area contributed by atoms with Crippen molar-refractivity contribution in [3.63, 3.8) is 0 Å². The summed E-state index contributed by atoms with van der Waals surface area (Å²) in [5.74, 6) is 0.919. The maximum Gasteiger partial charge on any atom is 0.144 e. The third-order valence-electron chi connectivity index (χ3n) is 3.51. The number of nitrogen functional groups attached to an aromatic ring is 1. The van der Waals surface area contributed by atoms with Crippen LogP contribution in [0, 0.1) is 0 Å². The van der Waals surface area contributed by atoms with E-state index in [0.29, 0.717) is 6.04 Å². The predicted octanol–water partition coefficient (Wildman–Crippen LogP) is 1.65. The van der Waals surface area contributed by atoms with Gasteiger partial charge in [0.25, 0.3) is 0 Å². The van der Waals surface area contributed by atoms with Crippen LogP contribution in [0.3, 0.4) is 0 Å². The summed E-state index contributed by atoms with van der Waals surface area (Å²) < 4.78 is 11.1. The Balaban J connectivity index is 1.88. The van der Waals surface area contributed by atoms with E-state index in [2.05, 4.69) is 11.0 Å². The second-order valence-electron chi connectivity index (χ2n) is 4.61. The largest absolute Gasteiger partial charge is 0.489 e. The average Bonchev–Trinajstić information content (AvgIpc) is 2.39. The third kappa shape index (κ3) is 2.05. The van der Waals surface area contributed by atoms with Crippen LogP contribution in [-0.2, 0) is 4.74 Å². The van der Waals surface area contributed by atoms with Crippen LogP contribution >= 0.6 is 0 Å². The smallest absolute Gasteiger partial charge is 0.144 e. The molecule has 17 heavy (non-hydrogen) atoms. The standard InChI is InChI=1S/C13H18N2O2/c14-10-1-2-12-13(9-10)17-8-5-15(12)11-3-6-16-7-4-11/h1-2,9,11H,3-8,14H2. The second kappa shape index (κ2) is 4.45. The molecule has 4 heteroatoms. The molecule has 3 rings (SSSR count). The van der Waals surface area contributed by atoms with Gasteiger partial charge >= 0.3 is 0 Å². The summed E-state index contributed by atoms with van der Waals surface area (Å²) in [5, 5.41) is 0. The molecular formula is C13H18N2O2. The Morgan fingerprint density at radius 3 is 2.82 bits per heavy atom. The number of ether oxygens (including phenoxy) is 2. The van der Waals surface area contributed by atoms with Gasteiger partial charge in [0.05, 0.1) is 12.2 Å². The lowest BCUT2D eigenvalue weighted by Crippen LogP contribution is -2.44. The van der Waals surface area contributed by atoms with E-state index in [1.54, 1.807) is 0 Å². The van der Waals surface area contributed by atoms with E-state index in [9.17, 15) is 0 Å². The number of nitrogens with zero attached hydrogens (tertiary/aromatic N) is 1. The quantitative estimate of drug-likeness (QED) is 0.750. The lowest BCUT2D eigenvalue weighted by molar-refractivity contribution is 0.0828. The lowest BCUT2D eigenvalue weighted by atomic mass is 10.0. The highest BCUT2D eigenvalue weighted by molar-refractivity contribution is 5.65. The topological polar surface area (TPSA) is 47.7 Å². The van der Waals surface area contributed by atoms with Crippen LogP contribution < -0.4 is 15.4 Å². The fourth-order valence-electron chi connectivity index (χ4n) is 2.63. The summed E-state index contributed by atoms with van der Waals surface area (Å²) in [7, 11) is 0. The first kappa shape index (κ1) is 10.7. The monoisotopic (exact) mass is 234 g/mol. The molecule has 4 nitrogen and oxygen atoms in total. The van der Waals surface area contributed by atoms with Crippen LogP contribution in [0.5, 0.6) is 5.75 Å². The number of hydrogen-bond acceptors (Lipinski definition) is 4. The van der Waals surface area contributed by atoms with Crippen LogP contribution in [0.15, 0.2) is 18.2 Å². The first-order chi connectivity index (χ1) is 8.34. The number of hydrogen-bond donors (Lipinski definition) is 1. The highest BCUT2D eigenvalue weighted by atomic mass is 16.5. The molecule has 0 saturated carbocycles. The zero-order chi connectivity index (χ0) is 11.7. The molecule has 0 aromatic heterocycles. The predicted molar refractivity (Wildman–Crippen MR) is 67.5 cm³/mol. The van der Waals surface area contributed by atoms with E-state index in [0.717, 1.165) is 50.6 Å². The zero-order valence-corrected chi connectivity index (χ0v) is 9.89. The molecule has 2 heterocycles. The summed E-state index contributed by atoms with van der Waals surface area (Å²) in [6.07, 6.45) is 2.20. The fourth-order valence-corrected chi connectivity index (χ4v) is 2.63. The van der Waals surface area contributed by atoms with Gasteiger partial charge in [0, 0.05) is 31.0 Å². The van der Waals surface area contributed by atoms with E-state index >= 15 is 0 Å². The molecular weight excluding hydrogens is 216 g/mol. The fraction of sp³-hybridized carbons (Fsp3) is 0.538. The van der Waals surface area contributed by atoms with Gasteiger partial charge in [-0.15, -0.1) is 0 Å². The van der Waals surface area contributed by atoms with Gasteiger partial charge in [0.15, 0.2) is 0 Å². The van der Waals surface area contributed by atoms with Gasteiger partial charge in [0.1, 0.15) is 12.4 Å². The van der Waals surface area contributed by atoms with E-state index in [-0.39, 0.29) is 0 Å². The van der Waals surface area contributed by atoms with Crippen molar-refractivity contribution in [1.82, 2.24) is 0 Å². The molecule has 1 aromatic rings. The Morgan fingerprint density at radius 2 is 2.00 bits per heavy atom. The lowest BCUT2D eigenvalue weighted by Gasteiger charge is -2.39. The SMILES string of the molecule is Nc1ccc2c(c1)OCCN2C1CCOCC1. The molecule has 0 bridgehead atoms. The summed E-state index contributed by atoms with van der Waals surface area (Å²) >= 11 is 0. The van der Waals surface area contributed by atoms with E-state index in [1.807, 2.05) is 12.1 Å². The van der Waals surface area contributed by atoms with Gasteiger partial charge in [-0.25, -0.2) is 0 Å². The van der Waals surface area contributed by atoms with Gasteiger partial charge in [-0.2, -0.15) is 0 Å². The molecule has 1 fully saturated rings. The molecule has 0 atom stereocenters. The van der Waals surface area contributed by atoms with E-state index in [4.69, 9.17) is 15.2 Å². The maximum atomic E-state index is 5.79. The highest BCUT2D eigenvalue weighted by Gasteiger charge is 2.26. The van der Waals surface area contributed by atoms with Crippen molar-refractivity contribution >= 4 is 11.4 Å². The molecule has 0 spiro atoms. The van der Waals surface area contributed by atoms with Crippen molar-refractivity contribution in [2.45, 2.75) is 18.9 Å². The molecule has 0 amide bonds. The molecule has 0 aliphatic carbocycles. The van der Waals surface area contributed by atoms with Gasteiger partial charge in [0.2, 0.25) is 0 Å². The van der Waals surface area contributed by atoms with Gasteiger partial charge in [-0.05, 0) is 25.0 Å². The molecule has 1 aromatic carbocycles. The minimum absolute atomic E-state index is 0.579. The molecule has 2 N–H and O–H groups in total. The molecule has 0 unspecified atom stereocenters. The van der Waals surface area contributed by atoms with Crippen molar-refractivity contribution in [2.24, 2.45) is 0 Å². The summed E-state index contributed by atoms with van der Waals surface area (Å²) in [6.45, 7) is 3.44. The Morgan fingerprint density at radius 1 is 1.18 bits per heavy atom. The number of nitrogens with two attached hydrogens (primary N) is 1. The average molecular weight is 234 g/mol. The molecule has 2 aliphatic heterocycles. The van der Waals surface area contributed by atoms with Crippen molar-refractivity contribution in [3.05, 3.63) is 18.2 Å². The maximum absolute atomic E-state index is 5.79. The number of anilines is 2. The Labute approximate surface area is 101 Å². The molecule has 1 saturated heterocycles. The van der Waals surface area contributed by atoms with Crippen LogP contribution in [0.4, 0.5) is 11.4 Å². The molecule has 92 valence electrons. The second-order valence-corrected chi connectivity index (χ2v) is 4.61. The summed E-state index contributed by atoms with van der Waals surface area (Å²) in [4.78, 5) is 2.45. The summed E-state index contributed by atoms with van der Waals surface area (Å²) in [5.41, 5.74) is 7.73. The minimum atomic E-state index is 0.579. The zero-order valence-electron chi connectivity index (χ0n) is 9.89. The van der Waals surface area contributed by atoms with Gasteiger partial charge < -0.3 is 20.1 Å². The molecule has 2 aliphatic rings.